The fraction of sp³-hybridized carbons (Fsp3) is 0.562. The van der Waals surface area contributed by atoms with E-state index in [1.807, 2.05) is 6.07 Å². The summed E-state index contributed by atoms with van der Waals surface area (Å²) < 4.78 is 2.26. The Morgan fingerprint density at radius 1 is 1.25 bits per heavy atom. The van der Waals surface area contributed by atoms with E-state index < -0.39 is 0 Å². The Morgan fingerprint density at radius 2 is 2.00 bits per heavy atom. The molecule has 1 aromatic heterocycles. The zero-order valence-electron chi connectivity index (χ0n) is 12.6. The van der Waals surface area contributed by atoms with Crippen LogP contribution in [0.5, 0.6) is 0 Å². The highest BCUT2D eigenvalue weighted by molar-refractivity contribution is 6.16. The molecule has 0 spiro atoms. The second-order valence-corrected chi connectivity index (χ2v) is 5.85. The van der Waals surface area contributed by atoms with Gasteiger partial charge in [-0.3, -0.25) is 0 Å². The Balaban J connectivity index is 1.99. The quantitative estimate of drug-likeness (QED) is 0.570. The molecule has 0 saturated heterocycles. The van der Waals surface area contributed by atoms with Gasteiger partial charge in [-0.05, 0) is 52.4 Å². The van der Waals surface area contributed by atoms with Gasteiger partial charge in [0.1, 0.15) is 5.82 Å². The summed E-state index contributed by atoms with van der Waals surface area (Å²) >= 11 is 6.02. The Hall–Kier alpha value is -1.06. The maximum absolute atomic E-state index is 6.02. The maximum atomic E-state index is 6.02. The SMILES string of the molecule is CC(C)N(C)CCCCn1c(CCl)nc2ccccc21. The van der Waals surface area contributed by atoms with Gasteiger partial charge in [0.05, 0.1) is 16.9 Å². The number of benzene rings is 1. The van der Waals surface area contributed by atoms with Crippen molar-refractivity contribution in [2.75, 3.05) is 13.6 Å². The molecule has 0 amide bonds. The molecule has 0 fully saturated rings. The van der Waals surface area contributed by atoms with Gasteiger partial charge in [0.15, 0.2) is 0 Å². The molecule has 0 saturated carbocycles. The number of hydrogen-bond acceptors (Lipinski definition) is 2. The summed E-state index contributed by atoms with van der Waals surface area (Å²) in [5.41, 5.74) is 2.24. The molecule has 0 bridgehead atoms. The molecular formula is C16H24ClN3. The van der Waals surface area contributed by atoms with Crippen LogP contribution in [0.4, 0.5) is 0 Å². The maximum Gasteiger partial charge on any atom is 0.124 e. The predicted molar refractivity (Wildman–Crippen MR) is 86.3 cm³/mol. The molecule has 20 heavy (non-hydrogen) atoms. The topological polar surface area (TPSA) is 21.1 Å². The van der Waals surface area contributed by atoms with E-state index in [1.54, 1.807) is 0 Å². The van der Waals surface area contributed by atoms with E-state index >= 15 is 0 Å². The normalized spacial score (nSPS) is 11.9. The smallest absolute Gasteiger partial charge is 0.124 e. The summed E-state index contributed by atoms with van der Waals surface area (Å²) in [7, 11) is 2.18. The Kier molecular flexibility index (Phi) is 5.44. The molecule has 3 nitrogen and oxygen atoms in total. The van der Waals surface area contributed by atoms with Crippen LogP contribution in [-0.2, 0) is 12.4 Å². The van der Waals surface area contributed by atoms with Crippen LogP contribution in [0.2, 0.25) is 0 Å². The second-order valence-electron chi connectivity index (χ2n) is 5.58. The molecule has 2 rings (SSSR count). The number of aromatic nitrogens is 2. The summed E-state index contributed by atoms with van der Waals surface area (Å²) in [5.74, 6) is 1.45. The van der Waals surface area contributed by atoms with Gasteiger partial charge in [0.2, 0.25) is 0 Å². The lowest BCUT2D eigenvalue weighted by Crippen LogP contribution is -2.27. The monoisotopic (exact) mass is 293 g/mol. The first-order valence-electron chi connectivity index (χ1n) is 7.34. The molecule has 0 aliphatic carbocycles. The molecule has 0 atom stereocenters. The van der Waals surface area contributed by atoms with Gasteiger partial charge >= 0.3 is 0 Å². The first-order chi connectivity index (χ1) is 9.63. The van der Waals surface area contributed by atoms with E-state index in [2.05, 4.69) is 53.5 Å². The van der Waals surface area contributed by atoms with Crippen molar-refractivity contribution in [1.82, 2.24) is 14.5 Å². The molecule has 110 valence electrons. The number of imidazole rings is 1. The summed E-state index contributed by atoms with van der Waals surface area (Å²) in [6.45, 7) is 6.60. The Morgan fingerprint density at radius 3 is 2.70 bits per heavy atom. The third-order valence-electron chi connectivity index (χ3n) is 3.88. The van der Waals surface area contributed by atoms with Crippen molar-refractivity contribution >= 4 is 22.6 Å². The molecule has 0 N–H and O–H groups in total. The van der Waals surface area contributed by atoms with Gasteiger partial charge in [0, 0.05) is 12.6 Å². The third kappa shape index (κ3) is 3.53. The van der Waals surface area contributed by atoms with Crippen molar-refractivity contribution in [2.45, 2.75) is 45.2 Å². The average Bonchev–Trinajstić information content (AvgIpc) is 2.81. The largest absolute Gasteiger partial charge is 0.327 e. The number of hydrogen-bond donors (Lipinski definition) is 0. The molecular weight excluding hydrogens is 270 g/mol. The number of fused-ring (bicyclic) bond motifs is 1. The van der Waals surface area contributed by atoms with Crippen LogP contribution in [0.25, 0.3) is 11.0 Å². The van der Waals surface area contributed by atoms with E-state index in [1.165, 1.54) is 11.9 Å². The molecule has 1 aromatic carbocycles. The van der Waals surface area contributed by atoms with Crippen LogP contribution in [0, 0.1) is 0 Å². The highest BCUT2D eigenvalue weighted by Crippen LogP contribution is 2.18. The third-order valence-corrected chi connectivity index (χ3v) is 4.12. The van der Waals surface area contributed by atoms with E-state index in [9.17, 15) is 0 Å². The van der Waals surface area contributed by atoms with Crippen LogP contribution in [0.1, 0.15) is 32.5 Å². The lowest BCUT2D eigenvalue weighted by atomic mass is 10.2. The Labute approximate surface area is 126 Å². The van der Waals surface area contributed by atoms with Crippen molar-refractivity contribution in [3.8, 4) is 0 Å². The fourth-order valence-corrected chi connectivity index (χ4v) is 2.57. The minimum atomic E-state index is 0.473. The number of para-hydroxylation sites is 2. The molecule has 2 aromatic rings. The highest BCUT2D eigenvalue weighted by atomic mass is 35.5. The molecule has 0 aliphatic rings. The van der Waals surface area contributed by atoms with Crippen LogP contribution in [0.15, 0.2) is 24.3 Å². The van der Waals surface area contributed by atoms with E-state index in [4.69, 9.17) is 11.6 Å². The second kappa shape index (κ2) is 7.09. The summed E-state index contributed by atoms with van der Waals surface area (Å²) in [6, 6.07) is 8.87. The summed E-state index contributed by atoms with van der Waals surface area (Å²) in [6.07, 6.45) is 2.35. The molecule has 1 heterocycles. The number of unbranched alkanes of at least 4 members (excludes halogenated alkanes) is 1. The van der Waals surface area contributed by atoms with Gasteiger partial charge in [-0.25, -0.2) is 4.98 Å². The van der Waals surface area contributed by atoms with Crippen LogP contribution in [0.3, 0.4) is 0 Å². The van der Waals surface area contributed by atoms with Crippen molar-refractivity contribution in [3.05, 3.63) is 30.1 Å². The number of nitrogens with zero attached hydrogens (tertiary/aromatic N) is 3. The summed E-state index contributed by atoms with van der Waals surface area (Å²) in [4.78, 5) is 6.98. The average molecular weight is 294 g/mol. The van der Waals surface area contributed by atoms with Crippen molar-refractivity contribution < 1.29 is 0 Å². The van der Waals surface area contributed by atoms with Gasteiger partial charge in [-0.15, -0.1) is 11.6 Å². The number of halogens is 1. The van der Waals surface area contributed by atoms with Gasteiger partial charge < -0.3 is 9.47 Å². The number of alkyl halides is 1. The zero-order valence-corrected chi connectivity index (χ0v) is 13.4. The standard InChI is InChI=1S/C16H24ClN3/c1-13(2)19(3)10-6-7-11-20-15-9-5-4-8-14(15)18-16(20)12-17/h4-5,8-9,13H,6-7,10-12H2,1-3H3. The van der Waals surface area contributed by atoms with Crippen molar-refractivity contribution in [3.63, 3.8) is 0 Å². The van der Waals surface area contributed by atoms with Gasteiger partial charge in [-0.2, -0.15) is 0 Å². The van der Waals surface area contributed by atoms with Crippen LogP contribution >= 0.6 is 11.6 Å². The molecule has 0 unspecified atom stereocenters. The van der Waals surface area contributed by atoms with Gasteiger partial charge in [0.25, 0.3) is 0 Å². The highest BCUT2D eigenvalue weighted by Gasteiger charge is 2.09. The van der Waals surface area contributed by atoms with Crippen molar-refractivity contribution in [2.24, 2.45) is 0 Å². The molecule has 4 heteroatoms. The predicted octanol–water partition coefficient (Wildman–Crippen LogP) is 3.90. The lowest BCUT2D eigenvalue weighted by Gasteiger charge is -2.20. The van der Waals surface area contributed by atoms with E-state index in [-0.39, 0.29) is 0 Å². The van der Waals surface area contributed by atoms with Crippen molar-refractivity contribution in [1.29, 1.82) is 0 Å². The lowest BCUT2D eigenvalue weighted by molar-refractivity contribution is 0.266. The first kappa shape index (κ1) is 15.3. The minimum Gasteiger partial charge on any atom is -0.327 e. The number of rotatable bonds is 7. The molecule has 0 aliphatic heterocycles. The zero-order chi connectivity index (χ0) is 14.5. The fourth-order valence-electron chi connectivity index (χ4n) is 2.37. The van der Waals surface area contributed by atoms with Crippen LogP contribution < -0.4 is 0 Å². The van der Waals surface area contributed by atoms with Crippen LogP contribution in [-0.4, -0.2) is 34.1 Å². The van der Waals surface area contributed by atoms with E-state index in [0.29, 0.717) is 11.9 Å². The molecule has 0 radical (unpaired) electrons. The Bertz CT molecular complexity index is 548. The summed E-state index contributed by atoms with van der Waals surface area (Å²) in [5, 5.41) is 0. The number of aryl methyl sites for hydroxylation is 1. The van der Waals surface area contributed by atoms with Gasteiger partial charge in [-0.1, -0.05) is 12.1 Å². The minimum absolute atomic E-state index is 0.473. The van der Waals surface area contributed by atoms with E-state index in [0.717, 1.165) is 30.9 Å². The first-order valence-corrected chi connectivity index (χ1v) is 7.87.